The third kappa shape index (κ3) is 19.8. The maximum atomic E-state index is 9.48. The molecule has 0 atom stereocenters. The average molecular weight is 132 g/mol. The Labute approximate surface area is 86.0 Å². The van der Waals surface area contributed by atoms with E-state index in [1.807, 2.05) is 0 Å². The molecule has 0 fully saturated rings. The van der Waals surface area contributed by atoms with Gasteiger partial charge in [0.15, 0.2) is 0 Å². The largest absolute Gasteiger partial charge is 1.00 e. The number of carbonyl (C=O) groups is 1. The van der Waals surface area contributed by atoms with E-state index in [0.717, 1.165) is 0 Å². The van der Waals surface area contributed by atoms with Crippen LogP contribution in [0.1, 0.15) is 1.43 Å². The summed E-state index contributed by atoms with van der Waals surface area (Å²) < 4.78 is 0. The third-order valence-corrected chi connectivity index (χ3v) is 0.246. The SMILES string of the molecule is CNC(N)=O.O.[H-].[K+]. The number of primary amides is 1. The number of hydrogen-bond acceptors (Lipinski definition) is 1. The van der Waals surface area contributed by atoms with Gasteiger partial charge in [-0.1, -0.05) is 0 Å². The Balaban J connectivity index is -0.0000000267. The van der Waals surface area contributed by atoms with Gasteiger partial charge in [0.1, 0.15) is 0 Å². The summed E-state index contributed by atoms with van der Waals surface area (Å²) in [5, 5.41) is 2.17. The van der Waals surface area contributed by atoms with Crippen LogP contribution in [0.15, 0.2) is 0 Å². The van der Waals surface area contributed by atoms with Crippen LogP contribution in [-0.4, -0.2) is 18.6 Å². The van der Waals surface area contributed by atoms with Gasteiger partial charge in [-0.05, 0) is 0 Å². The fourth-order valence-corrected chi connectivity index (χ4v) is 0. The van der Waals surface area contributed by atoms with Gasteiger partial charge in [0.05, 0.1) is 0 Å². The monoisotopic (exact) mass is 132 g/mol. The van der Waals surface area contributed by atoms with Crippen molar-refractivity contribution >= 4 is 6.03 Å². The van der Waals surface area contributed by atoms with Gasteiger partial charge in [-0.3, -0.25) is 0 Å². The van der Waals surface area contributed by atoms with Crippen molar-refractivity contribution in [3.05, 3.63) is 0 Å². The fourth-order valence-electron chi connectivity index (χ4n) is 0. The molecule has 0 aliphatic heterocycles. The minimum absolute atomic E-state index is 0. The topological polar surface area (TPSA) is 86.6 Å². The number of amides is 2. The van der Waals surface area contributed by atoms with Crippen molar-refractivity contribution in [1.82, 2.24) is 5.32 Å². The summed E-state index contributed by atoms with van der Waals surface area (Å²) in [6.07, 6.45) is 0. The molecule has 0 aliphatic carbocycles. The Hall–Kier alpha value is 0.866. The van der Waals surface area contributed by atoms with Gasteiger partial charge in [0.25, 0.3) is 0 Å². The molecule has 0 saturated carbocycles. The first-order valence-corrected chi connectivity index (χ1v) is 1.24. The summed E-state index contributed by atoms with van der Waals surface area (Å²) in [7, 11) is 1.47. The van der Waals surface area contributed by atoms with Crippen molar-refractivity contribution in [2.45, 2.75) is 0 Å². The van der Waals surface area contributed by atoms with Crippen LogP contribution in [-0.2, 0) is 0 Å². The van der Waals surface area contributed by atoms with E-state index in [9.17, 15) is 4.79 Å². The molecule has 0 aromatic rings. The summed E-state index contributed by atoms with van der Waals surface area (Å²) in [5.74, 6) is 0. The molecule has 2 amide bonds. The van der Waals surface area contributed by atoms with E-state index in [-0.39, 0.29) is 58.3 Å². The summed E-state index contributed by atoms with van der Waals surface area (Å²) >= 11 is 0. The van der Waals surface area contributed by atoms with Crippen LogP contribution < -0.4 is 62.4 Å². The minimum Gasteiger partial charge on any atom is -1.00 e. The van der Waals surface area contributed by atoms with Crippen LogP contribution in [0.3, 0.4) is 0 Å². The maximum absolute atomic E-state index is 9.48. The third-order valence-electron chi connectivity index (χ3n) is 0.246. The zero-order valence-corrected chi connectivity index (χ0v) is 7.61. The van der Waals surface area contributed by atoms with Crippen molar-refractivity contribution in [2.24, 2.45) is 5.73 Å². The molecule has 4 nitrogen and oxygen atoms in total. The van der Waals surface area contributed by atoms with Crippen LogP contribution in [0.5, 0.6) is 0 Å². The molecular formula is C2H9KN2O2. The molecule has 0 saturated heterocycles. The molecule has 40 valence electrons. The van der Waals surface area contributed by atoms with Gasteiger partial charge in [-0.15, -0.1) is 0 Å². The standard InChI is InChI=1S/C2H6N2O.K.H2O.H/c1-4-2(3)5;;;/h1H3,(H3,3,4,5);;1H2;/q;+1;;-1. The summed E-state index contributed by atoms with van der Waals surface area (Å²) in [6, 6.07) is -0.495. The number of rotatable bonds is 0. The molecule has 0 bridgehead atoms. The number of nitrogens with two attached hydrogens (primary N) is 1. The van der Waals surface area contributed by atoms with E-state index in [1.165, 1.54) is 7.05 Å². The molecule has 0 radical (unpaired) electrons. The van der Waals surface area contributed by atoms with Crippen LogP contribution in [0.25, 0.3) is 0 Å². The van der Waals surface area contributed by atoms with E-state index < -0.39 is 6.03 Å². The van der Waals surface area contributed by atoms with Gasteiger partial charge in [0, 0.05) is 7.05 Å². The first kappa shape index (κ1) is 15.7. The smallest absolute Gasteiger partial charge is 1.00 e. The van der Waals surface area contributed by atoms with Crippen molar-refractivity contribution in [2.75, 3.05) is 7.05 Å². The molecule has 0 unspecified atom stereocenters. The Morgan fingerprint density at radius 1 is 1.86 bits per heavy atom. The molecule has 0 aromatic heterocycles. The van der Waals surface area contributed by atoms with E-state index in [4.69, 9.17) is 0 Å². The van der Waals surface area contributed by atoms with E-state index in [1.54, 1.807) is 0 Å². The number of carbonyl (C=O) groups excluding carboxylic acids is 1. The predicted molar refractivity (Wildman–Crippen MR) is 23.4 cm³/mol. The van der Waals surface area contributed by atoms with Crippen LogP contribution in [0.4, 0.5) is 4.79 Å². The molecular weight excluding hydrogens is 123 g/mol. The first-order chi connectivity index (χ1) is 2.27. The molecule has 0 aromatic carbocycles. The van der Waals surface area contributed by atoms with Crippen LogP contribution in [0.2, 0.25) is 0 Å². The average Bonchev–Trinajstić information content (AvgIpc) is 1.38. The van der Waals surface area contributed by atoms with Crippen LogP contribution >= 0.6 is 0 Å². The number of hydrogen-bond donors (Lipinski definition) is 2. The first-order valence-electron chi connectivity index (χ1n) is 1.24. The Bertz CT molecular complexity index is 53.3. The maximum Gasteiger partial charge on any atom is 1.00 e. The van der Waals surface area contributed by atoms with Crippen molar-refractivity contribution in [1.29, 1.82) is 0 Å². The number of nitrogens with one attached hydrogen (secondary N) is 1. The minimum atomic E-state index is -0.495. The van der Waals surface area contributed by atoms with Gasteiger partial charge < -0.3 is 18.0 Å². The van der Waals surface area contributed by atoms with E-state index in [0.29, 0.717) is 0 Å². The van der Waals surface area contributed by atoms with Crippen molar-refractivity contribution in [3.63, 3.8) is 0 Å². The molecule has 5 N–H and O–H groups in total. The second kappa shape index (κ2) is 9.98. The fraction of sp³-hybridized carbons (Fsp3) is 0.500. The molecule has 0 aliphatic rings. The second-order valence-electron chi connectivity index (χ2n) is 0.614. The molecule has 7 heavy (non-hydrogen) atoms. The number of urea groups is 1. The molecule has 0 spiro atoms. The second-order valence-corrected chi connectivity index (χ2v) is 0.614. The molecule has 0 rings (SSSR count). The van der Waals surface area contributed by atoms with Gasteiger partial charge in [-0.2, -0.15) is 0 Å². The van der Waals surface area contributed by atoms with Crippen LogP contribution in [0, 0.1) is 0 Å². The van der Waals surface area contributed by atoms with Crippen molar-refractivity contribution < 1.29 is 63.1 Å². The predicted octanol–water partition coefficient (Wildman–Crippen LogP) is -4.42. The Morgan fingerprint density at radius 3 is 2.00 bits per heavy atom. The molecule has 5 heteroatoms. The van der Waals surface area contributed by atoms with Crippen molar-refractivity contribution in [3.8, 4) is 0 Å². The van der Waals surface area contributed by atoms with Gasteiger partial charge >= 0.3 is 57.4 Å². The quantitative estimate of drug-likeness (QED) is 0.320. The Kier molecular flexibility index (Phi) is 22.3. The molecule has 0 heterocycles. The summed E-state index contributed by atoms with van der Waals surface area (Å²) in [4.78, 5) is 9.48. The van der Waals surface area contributed by atoms with Gasteiger partial charge in [0.2, 0.25) is 0 Å². The van der Waals surface area contributed by atoms with E-state index >= 15 is 0 Å². The van der Waals surface area contributed by atoms with E-state index in [2.05, 4.69) is 11.1 Å². The zero-order chi connectivity index (χ0) is 4.28. The summed E-state index contributed by atoms with van der Waals surface area (Å²) in [6.45, 7) is 0. The zero-order valence-electron chi connectivity index (χ0n) is 5.49. The normalized spacial score (nSPS) is 4.71. The summed E-state index contributed by atoms with van der Waals surface area (Å²) in [5.41, 5.74) is 4.54. The van der Waals surface area contributed by atoms with Gasteiger partial charge in [-0.25, -0.2) is 4.79 Å². The Morgan fingerprint density at radius 2 is 2.00 bits per heavy atom.